The smallest absolute Gasteiger partial charge is 0.317 e. The average Bonchev–Trinajstić information content (AvgIpc) is 2.76. The van der Waals surface area contributed by atoms with Crippen LogP contribution in [0.15, 0.2) is 24.3 Å². The molecule has 2 amide bonds. The maximum Gasteiger partial charge on any atom is 0.317 e. The number of hydrogen-bond donors (Lipinski definition) is 1. The molecular formula is C12H15ClN2O2. The van der Waals surface area contributed by atoms with Crippen molar-refractivity contribution in [1.82, 2.24) is 10.2 Å². The monoisotopic (exact) mass is 254 g/mol. The van der Waals surface area contributed by atoms with Crippen LogP contribution in [0.25, 0.3) is 0 Å². The number of carbonyl (C=O) groups is 1. The number of nitrogens with one attached hydrogen (secondary N) is 1. The van der Waals surface area contributed by atoms with Crippen LogP contribution in [-0.4, -0.2) is 37.2 Å². The molecule has 1 atom stereocenters. The second-order valence-electron chi connectivity index (χ2n) is 3.99. The molecule has 1 aromatic rings. The molecule has 2 rings (SSSR count). The van der Waals surface area contributed by atoms with Crippen molar-refractivity contribution in [3.8, 4) is 5.75 Å². The van der Waals surface area contributed by atoms with Crippen molar-refractivity contribution >= 4 is 17.6 Å². The quantitative estimate of drug-likeness (QED) is 0.879. The molecule has 4 nitrogen and oxygen atoms in total. The molecule has 1 aromatic carbocycles. The van der Waals surface area contributed by atoms with E-state index in [4.69, 9.17) is 16.3 Å². The van der Waals surface area contributed by atoms with Gasteiger partial charge in [0.15, 0.2) is 0 Å². The Morgan fingerprint density at radius 1 is 1.59 bits per heavy atom. The minimum Gasteiger partial charge on any atom is -0.488 e. The molecule has 1 aliphatic heterocycles. The van der Waals surface area contributed by atoms with Crippen LogP contribution >= 0.6 is 11.6 Å². The zero-order valence-electron chi connectivity index (χ0n) is 9.65. The van der Waals surface area contributed by atoms with Gasteiger partial charge in [0, 0.05) is 25.0 Å². The van der Waals surface area contributed by atoms with E-state index < -0.39 is 0 Å². The van der Waals surface area contributed by atoms with Gasteiger partial charge in [-0.25, -0.2) is 4.79 Å². The normalized spacial score (nSPS) is 19.2. The highest BCUT2D eigenvalue weighted by Gasteiger charge is 2.26. The minimum atomic E-state index is -0.0535. The topological polar surface area (TPSA) is 41.6 Å². The Morgan fingerprint density at radius 3 is 3.12 bits per heavy atom. The third-order valence-electron chi connectivity index (χ3n) is 2.74. The summed E-state index contributed by atoms with van der Waals surface area (Å²) in [6, 6.07) is 7.25. The van der Waals surface area contributed by atoms with E-state index in [0.29, 0.717) is 11.6 Å². The predicted molar refractivity (Wildman–Crippen MR) is 66.5 cm³/mol. The number of likely N-dealkylation sites (tertiary alicyclic amines) is 1. The van der Waals surface area contributed by atoms with Crippen LogP contribution in [0.1, 0.15) is 6.42 Å². The molecule has 0 aliphatic carbocycles. The van der Waals surface area contributed by atoms with Gasteiger partial charge in [-0.2, -0.15) is 0 Å². The first-order valence-corrected chi connectivity index (χ1v) is 5.95. The van der Waals surface area contributed by atoms with E-state index in [1.54, 1.807) is 24.1 Å². The Labute approximate surface area is 106 Å². The lowest BCUT2D eigenvalue weighted by Crippen LogP contribution is -2.37. The number of nitrogens with zero attached hydrogens (tertiary/aromatic N) is 1. The van der Waals surface area contributed by atoms with Crippen molar-refractivity contribution in [2.45, 2.75) is 12.5 Å². The van der Waals surface area contributed by atoms with E-state index in [1.807, 2.05) is 12.1 Å². The number of carbonyl (C=O) groups excluding carboxylic acids is 1. The van der Waals surface area contributed by atoms with Gasteiger partial charge in [-0.15, -0.1) is 0 Å². The number of urea groups is 1. The van der Waals surface area contributed by atoms with Gasteiger partial charge in [-0.3, -0.25) is 0 Å². The molecule has 1 fully saturated rings. The maximum absolute atomic E-state index is 11.4. The Balaban J connectivity index is 1.92. The van der Waals surface area contributed by atoms with E-state index >= 15 is 0 Å². The van der Waals surface area contributed by atoms with Crippen molar-refractivity contribution < 1.29 is 9.53 Å². The maximum atomic E-state index is 11.4. The third kappa shape index (κ3) is 3.03. The van der Waals surface area contributed by atoms with Crippen LogP contribution in [0.4, 0.5) is 4.79 Å². The van der Waals surface area contributed by atoms with Gasteiger partial charge in [-0.05, 0) is 18.2 Å². The first-order valence-electron chi connectivity index (χ1n) is 5.58. The summed E-state index contributed by atoms with van der Waals surface area (Å²) in [4.78, 5) is 13.1. The van der Waals surface area contributed by atoms with Crippen molar-refractivity contribution in [2.75, 3.05) is 20.1 Å². The van der Waals surface area contributed by atoms with Crippen LogP contribution in [0, 0.1) is 0 Å². The SMILES string of the molecule is CNC(=O)N1CC[C@@H](Oc2cccc(Cl)c2)C1. The molecule has 1 heterocycles. The standard InChI is InChI=1S/C12H15ClN2O2/c1-14-12(16)15-6-5-11(8-15)17-10-4-2-3-9(13)7-10/h2-4,7,11H,5-6,8H2,1H3,(H,14,16)/t11-/m1/s1. The minimum absolute atomic E-state index is 0.0470. The number of rotatable bonds is 2. The Kier molecular flexibility index (Phi) is 3.74. The summed E-state index contributed by atoms with van der Waals surface area (Å²) >= 11 is 5.88. The molecule has 0 unspecified atom stereocenters. The van der Waals surface area contributed by atoms with Gasteiger partial charge in [0.05, 0.1) is 6.54 Å². The van der Waals surface area contributed by atoms with E-state index in [-0.39, 0.29) is 12.1 Å². The highest BCUT2D eigenvalue weighted by molar-refractivity contribution is 6.30. The fraction of sp³-hybridized carbons (Fsp3) is 0.417. The number of ether oxygens (including phenoxy) is 1. The predicted octanol–water partition coefficient (Wildman–Crippen LogP) is 2.13. The Hall–Kier alpha value is -1.42. The molecule has 1 aliphatic rings. The molecule has 5 heteroatoms. The largest absolute Gasteiger partial charge is 0.488 e. The van der Waals surface area contributed by atoms with E-state index in [0.717, 1.165) is 18.7 Å². The average molecular weight is 255 g/mol. The van der Waals surface area contributed by atoms with Gasteiger partial charge in [0.1, 0.15) is 11.9 Å². The number of benzene rings is 1. The summed E-state index contributed by atoms with van der Waals surface area (Å²) in [6.45, 7) is 1.34. The third-order valence-corrected chi connectivity index (χ3v) is 2.98. The molecule has 17 heavy (non-hydrogen) atoms. The van der Waals surface area contributed by atoms with Crippen LogP contribution in [0.2, 0.25) is 5.02 Å². The summed E-state index contributed by atoms with van der Waals surface area (Å²) in [6.07, 6.45) is 0.894. The highest BCUT2D eigenvalue weighted by Crippen LogP contribution is 2.21. The molecular weight excluding hydrogens is 240 g/mol. The van der Waals surface area contributed by atoms with Crippen molar-refractivity contribution in [3.63, 3.8) is 0 Å². The van der Waals surface area contributed by atoms with Crippen LogP contribution < -0.4 is 10.1 Å². The molecule has 0 saturated carbocycles. The molecule has 0 spiro atoms. The van der Waals surface area contributed by atoms with Gasteiger partial charge in [0.2, 0.25) is 0 Å². The van der Waals surface area contributed by atoms with Gasteiger partial charge >= 0.3 is 6.03 Å². The second-order valence-corrected chi connectivity index (χ2v) is 4.42. The summed E-state index contributed by atoms with van der Waals surface area (Å²) in [7, 11) is 1.63. The first kappa shape index (κ1) is 12.0. The van der Waals surface area contributed by atoms with E-state index in [9.17, 15) is 4.79 Å². The van der Waals surface area contributed by atoms with Crippen LogP contribution in [0.5, 0.6) is 5.75 Å². The molecule has 92 valence electrons. The first-order chi connectivity index (χ1) is 8.19. The molecule has 0 aromatic heterocycles. The van der Waals surface area contributed by atoms with Crippen LogP contribution in [-0.2, 0) is 0 Å². The van der Waals surface area contributed by atoms with Crippen LogP contribution in [0.3, 0.4) is 0 Å². The fourth-order valence-electron chi connectivity index (χ4n) is 1.90. The number of halogens is 1. The summed E-state index contributed by atoms with van der Waals surface area (Å²) in [5.74, 6) is 0.751. The lowest BCUT2D eigenvalue weighted by atomic mass is 10.3. The van der Waals surface area contributed by atoms with E-state index in [1.165, 1.54) is 0 Å². The molecule has 1 saturated heterocycles. The molecule has 0 radical (unpaired) electrons. The zero-order chi connectivity index (χ0) is 12.3. The van der Waals surface area contributed by atoms with Gasteiger partial charge in [-0.1, -0.05) is 17.7 Å². The van der Waals surface area contributed by atoms with Crippen molar-refractivity contribution in [1.29, 1.82) is 0 Å². The molecule has 1 N–H and O–H groups in total. The fourth-order valence-corrected chi connectivity index (χ4v) is 2.08. The van der Waals surface area contributed by atoms with Gasteiger partial charge in [0.25, 0.3) is 0 Å². The summed E-state index contributed by atoms with van der Waals surface area (Å²) in [5.41, 5.74) is 0. The summed E-state index contributed by atoms with van der Waals surface area (Å²) in [5, 5.41) is 3.27. The van der Waals surface area contributed by atoms with Crippen molar-refractivity contribution in [2.24, 2.45) is 0 Å². The zero-order valence-corrected chi connectivity index (χ0v) is 10.4. The van der Waals surface area contributed by atoms with Gasteiger partial charge < -0.3 is 15.0 Å². The Morgan fingerprint density at radius 2 is 2.41 bits per heavy atom. The lowest BCUT2D eigenvalue weighted by Gasteiger charge is -2.16. The van der Waals surface area contributed by atoms with Crippen molar-refractivity contribution in [3.05, 3.63) is 29.3 Å². The number of amides is 2. The lowest BCUT2D eigenvalue weighted by molar-refractivity contribution is 0.188. The Bertz CT molecular complexity index is 411. The second kappa shape index (κ2) is 5.27. The number of hydrogen-bond acceptors (Lipinski definition) is 2. The molecule has 0 bridgehead atoms. The van der Waals surface area contributed by atoms with E-state index in [2.05, 4.69) is 5.32 Å². The summed E-state index contributed by atoms with van der Waals surface area (Å²) < 4.78 is 5.77. The highest BCUT2D eigenvalue weighted by atomic mass is 35.5.